The lowest BCUT2D eigenvalue weighted by Gasteiger charge is -2.19. The summed E-state index contributed by atoms with van der Waals surface area (Å²) in [5.41, 5.74) is 3.30. The minimum Gasteiger partial charge on any atom is -0.406 e. The number of hydrogen-bond donors (Lipinski definition) is 1. The molecule has 0 radical (unpaired) electrons. The second-order valence-electron chi connectivity index (χ2n) is 7.89. The number of nitrogens with zero attached hydrogens (tertiary/aromatic N) is 3. The lowest BCUT2D eigenvalue weighted by molar-refractivity contribution is -0.274. The molecule has 28 heavy (non-hydrogen) atoms. The number of aryl methyl sites for hydroxylation is 1. The first-order valence-electron chi connectivity index (χ1n) is 9.55. The Hall–Kier alpha value is -2.06. The SMILES string of the molecule is Cc1c(CN2CC3C(CNCc4cccc(OC(F)(F)F)c4)C3C2)cnn1C. The number of fused-ring (bicyclic) bond motifs is 1. The van der Waals surface area contributed by atoms with E-state index in [0.717, 1.165) is 43.6 Å². The smallest absolute Gasteiger partial charge is 0.406 e. The van der Waals surface area contributed by atoms with Crippen molar-refractivity contribution in [3.63, 3.8) is 0 Å². The summed E-state index contributed by atoms with van der Waals surface area (Å²) in [5.74, 6) is 1.95. The highest BCUT2D eigenvalue weighted by Gasteiger charge is 2.54. The standard InChI is InChI=1S/C20H25F3N4O/c1-13-15(8-25-26(13)2)10-27-11-18-17(19(18)12-27)9-24-7-14-4-3-5-16(6-14)28-20(21,22)23/h3-6,8,17-19,24H,7,9-12H2,1-2H3. The van der Waals surface area contributed by atoms with Gasteiger partial charge in [-0.05, 0) is 48.9 Å². The number of rotatable bonds is 7. The molecule has 0 amide bonds. The Morgan fingerprint density at radius 1 is 1.25 bits per heavy atom. The predicted octanol–water partition coefficient (Wildman–Crippen LogP) is 3.09. The first kappa shape index (κ1) is 19.3. The molecule has 2 aromatic rings. The van der Waals surface area contributed by atoms with Gasteiger partial charge in [0, 0.05) is 44.5 Å². The van der Waals surface area contributed by atoms with Crippen molar-refractivity contribution in [1.29, 1.82) is 0 Å². The first-order chi connectivity index (χ1) is 13.3. The second-order valence-corrected chi connectivity index (χ2v) is 7.89. The zero-order valence-electron chi connectivity index (χ0n) is 16.0. The zero-order chi connectivity index (χ0) is 19.9. The molecule has 2 fully saturated rings. The van der Waals surface area contributed by atoms with E-state index in [1.807, 2.05) is 24.0 Å². The van der Waals surface area contributed by atoms with Crippen molar-refractivity contribution in [2.45, 2.75) is 26.4 Å². The van der Waals surface area contributed by atoms with Crippen LogP contribution in [-0.4, -0.2) is 40.7 Å². The highest BCUT2D eigenvalue weighted by atomic mass is 19.4. The Balaban J connectivity index is 1.19. The predicted molar refractivity (Wildman–Crippen MR) is 98.5 cm³/mol. The molecule has 4 rings (SSSR count). The lowest BCUT2D eigenvalue weighted by atomic mass is 10.2. The largest absolute Gasteiger partial charge is 0.573 e. The summed E-state index contributed by atoms with van der Waals surface area (Å²) in [6.07, 6.45) is -2.70. The molecule has 2 atom stereocenters. The second kappa shape index (κ2) is 7.40. The van der Waals surface area contributed by atoms with E-state index in [0.29, 0.717) is 12.5 Å². The van der Waals surface area contributed by atoms with Crippen molar-refractivity contribution < 1.29 is 17.9 Å². The number of hydrogen-bond acceptors (Lipinski definition) is 4. The van der Waals surface area contributed by atoms with Crippen LogP contribution in [0.1, 0.15) is 16.8 Å². The van der Waals surface area contributed by atoms with Crippen LogP contribution in [0.2, 0.25) is 0 Å². The molecule has 152 valence electrons. The molecule has 1 saturated carbocycles. The molecule has 1 aromatic heterocycles. The van der Waals surface area contributed by atoms with Gasteiger partial charge in [0.05, 0.1) is 6.20 Å². The normalized spacial score (nSPS) is 24.4. The van der Waals surface area contributed by atoms with Crippen molar-refractivity contribution in [2.24, 2.45) is 24.8 Å². The van der Waals surface area contributed by atoms with E-state index in [2.05, 4.69) is 27.0 Å². The number of halogens is 3. The average molecular weight is 394 g/mol. The van der Waals surface area contributed by atoms with Crippen molar-refractivity contribution in [2.75, 3.05) is 19.6 Å². The number of likely N-dealkylation sites (tertiary alicyclic amines) is 1. The quantitative estimate of drug-likeness (QED) is 0.784. The van der Waals surface area contributed by atoms with Crippen LogP contribution in [0.5, 0.6) is 5.75 Å². The summed E-state index contributed by atoms with van der Waals surface area (Å²) < 4.78 is 42.8. The molecule has 1 aliphatic carbocycles. The molecular formula is C20H25F3N4O. The van der Waals surface area contributed by atoms with Crippen LogP contribution in [0.25, 0.3) is 0 Å². The van der Waals surface area contributed by atoms with Gasteiger partial charge in [-0.15, -0.1) is 13.2 Å². The van der Waals surface area contributed by atoms with Crippen LogP contribution in [0, 0.1) is 24.7 Å². The molecule has 1 aliphatic heterocycles. The molecule has 8 heteroatoms. The van der Waals surface area contributed by atoms with Crippen LogP contribution < -0.4 is 10.1 Å². The first-order valence-corrected chi connectivity index (χ1v) is 9.55. The van der Waals surface area contributed by atoms with Crippen LogP contribution in [0.15, 0.2) is 30.5 Å². The molecule has 1 N–H and O–H groups in total. The molecular weight excluding hydrogens is 369 g/mol. The van der Waals surface area contributed by atoms with E-state index in [9.17, 15) is 13.2 Å². The monoisotopic (exact) mass is 394 g/mol. The van der Waals surface area contributed by atoms with Gasteiger partial charge in [-0.3, -0.25) is 9.58 Å². The molecule has 0 bridgehead atoms. The van der Waals surface area contributed by atoms with E-state index < -0.39 is 6.36 Å². The van der Waals surface area contributed by atoms with Gasteiger partial charge >= 0.3 is 6.36 Å². The van der Waals surface area contributed by atoms with E-state index in [-0.39, 0.29) is 5.75 Å². The fourth-order valence-corrected chi connectivity index (χ4v) is 4.34. The Morgan fingerprint density at radius 3 is 2.64 bits per heavy atom. The van der Waals surface area contributed by atoms with Gasteiger partial charge in [0.25, 0.3) is 0 Å². The summed E-state index contributed by atoms with van der Waals surface area (Å²) in [6.45, 7) is 6.73. The fraction of sp³-hybridized carbons (Fsp3) is 0.550. The molecule has 2 heterocycles. The van der Waals surface area contributed by atoms with Gasteiger partial charge in [-0.25, -0.2) is 0 Å². The Morgan fingerprint density at radius 2 is 2.00 bits per heavy atom. The minimum absolute atomic E-state index is 0.170. The average Bonchev–Trinajstić information content (AvgIpc) is 2.93. The fourth-order valence-electron chi connectivity index (χ4n) is 4.34. The summed E-state index contributed by atoms with van der Waals surface area (Å²) in [4.78, 5) is 2.49. The van der Waals surface area contributed by atoms with Crippen LogP contribution >= 0.6 is 0 Å². The maximum atomic E-state index is 12.3. The number of benzene rings is 1. The van der Waals surface area contributed by atoms with Gasteiger partial charge in [-0.1, -0.05) is 12.1 Å². The number of aromatic nitrogens is 2. The van der Waals surface area contributed by atoms with Gasteiger partial charge in [-0.2, -0.15) is 5.10 Å². The van der Waals surface area contributed by atoms with Crippen molar-refractivity contribution in [1.82, 2.24) is 20.0 Å². The van der Waals surface area contributed by atoms with Crippen LogP contribution in [-0.2, 0) is 20.1 Å². The molecule has 0 spiro atoms. The lowest BCUT2D eigenvalue weighted by Crippen LogP contribution is -2.27. The van der Waals surface area contributed by atoms with E-state index in [4.69, 9.17) is 0 Å². The molecule has 1 saturated heterocycles. The topological polar surface area (TPSA) is 42.3 Å². The number of alkyl halides is 3. The summed E-state index contributed by atoms with van der Waals surface area (Å²) in [6, 6.07) is 6.15. The maximum Gasteiger partial charge on any atom is 0.573 e. The van der Waals surface area contributed by atoms with Gasteiger partial charge in [0.2, 0.25) is 0 Å². The van der Waals surface area contributed by atoms with Gasteiger partial charge in [0.15, 0.2) is 0 Å². The summed E-state index contributed by atoms with van der Waals surface area (Å²) in [5, 5.41) is 7.70. The van der Waals surface area contributed by atoms with Crippen LogP contribution in [0.4, 0.5) is 13.2 Å². The molecule has 2 unspecified atom stereocenters. The van der Waals surface area contributed by atoms with E-state index in [1.54, 1.807) is 6.07 Å². The summed E-state index contributed by atoms with van der Waals surface area (Å²) in [7, 11) is 1.97. The molecule has 2 aliphatic rings. The van der Waals surface area contributed by atoms with Gasteiger partial charge in [0.1, 0.15) is 5.75 Å². The number of nitrogens with one attached hydrogen (secondary N) is 1. The van der Waals surface area contributed by atoms with E-state index >= 15 is 0 Å². The summed E-state index contributed by atoms with van der Waals surface area (Å²) >= 11 is 0. The third-order valence-corrected chi connectivity index (χ3v) is 6.02. The number of piperidine rings is 1. The van der Waals surface area contributed by atoms with E-state index in [1.165, 1.54) is 23.4 Å². The third-order valence-electron chi connectivity index (χ3n) is 6.02. The van der Waals surface area contributed by atoms with Crippen LogP contribution in [0.3, 0.4) is 0 Å². The van der Waals surface area contributed by atoms with Crippen molar-refractivity contribution >= 4 is 0 Å². The highest BCUT2D eigenvalue weighted by molar-refractivity contribution is 5.28. The Labute approximate surface area is 162 Å². The minimum atomic E-state index is -4.66. The zero-order valence-corrected chi connectivity index (χ0v) is 16.0. The highest BCUT2D eigenvalue weighted by Crippen LogP contribution is 2.51. The Bertz CT molecular complexity index is 823. The maximum absolute atomic E-state index is 12.3. The third kappa shape index (κ3) is 4.33. The Kier molecular flexibility index (Phi) is 5.09. The molecule has 5 nitrogen and oxygen atoms in total. The van der Waals surface area contributed by atoms with Crippen molar-refractivity contribution in [3.05, 3.63) is 47.3 Å². The van der Waals surface area contributed by atoms with Gasteiger partial charge < -0.3 is 10.1 Å². The number of ether oxygens (including phenoxy) is 1. The molecule has 1 aromatic carbocycles. The van der Waals surface area contributed by atoms with Crippen molar-refractivity contribution in [3.8, 4) is 5.75 Å².